The highest BCUT2D eigenvalue weighted by molar-refractivity contribution is 7.90. The minimum Gasteiger partial charge on any atom is -0.355 e. The molecular formula is C21H26FN3O3S. The van der Waals surface area contributed by atoms with E-state index in [-0.39, 0.29) is 18.4 Å². The predicted octanol–water partition coefficient (Wildman–Crippen LogP) is 2.58. The van der Waals surface area contributed by atoms with Gasteiger partial charge in [0.05, 0.1) is 11.6 Å². The number of nitrogens with one attached hydrogen (secondary N) is 1. The van der Waals surface area contributed by atoms with E-state index in [1.807, 2.05) is 30.3 Å². The molecule has 1 N–H and O–H groups in total. The van der Waals surface area contributed by atoms with E-state index in [9.17, 15) is 17.6 Å². The highest BCUT2D eigenvalue weighted by Crippen LogP contribution is 2.24. The van der Waals surface area contributed by atoms with Crippen molar-refractivity contribution in [3.05, 3.63) is 66.0 Å². The van der Waals surface area contributed by atoms with E-state index >= 15 is 0 Å². The number of halogens is 1. The Morgan fingerprint density at radius 1 is 1.17 bits per heavy atom. The summed E-state index contributed by atoms with van der Waals surface area (Å²) in [7, 11) is -2.36. The molecule has 1 unspecified atom stereocenters. The first-order valence-electron chi connectivity index (χ1n) is 9.69. The fraction of sp³-hybridized carbons (Fsp3) is 0.381. The maximum absolute atomic E-state index is 13.1. The molecule has 8 heteroatoms. The quantitative estimate of drug-likeness (QED) is 0.750. The Morgan fingerprint density at radius 3 is 2.55 bits per heavy atom. The van der Waals surface area contributed by atoms with Crippen molar-refractivity contribution in [2.45, 2.75) is 19.3 Å². The van der Waals surface area contributed by atoms with Gasteiger partial charge in [-0.05, 0) is 49.1 Å². The number of anilines is 1. The van der Waals surface area contributed by atoms with Crippen LogP contribution < -0.4 is 9.62 Å². The van der Waals surface area contributed by atoms with Crippen LogP contribution in [0.5, 0.6) is 0 Å². The first kappa shape index (κ1) is 21.3. The molecule has 156 valence electrons. The summed E-state index contributed by atoms with van der Waals surface area (Å²) in [6, 6.07) is 15.2. The highest BCUT2D eigenvalue weighted by atomic mass is 32.2. The van der Waals surface area contributed by atoms with Gasteiger partial charge in [0.2, 0.25) is 5.91 Å². The van der Waals surface area contributed by atoms with Crippen LogP contribution >= 0.6 is 0 Å². The first-order valence-corrected chi connectivity index (χ1v) is 11.1. The molecule has 1 heterocycles. The molecule has 0 bridgehead atoms. The molecule has 0 radical (unpaired) electrons. The maximum Gasteiger partial charge on any atom is 0.303 e. The molecule has 2 aromatic carbocycles. The fourth-order valence-corrected chi connectivity index (χ4v) is 4.91. The number of hydrogen-bond donors (Lipinski definition) is 1. The molecule has 6 nitrogen and oxygen atoms in total. The van der Waals surface area contributed by atoms with Crippen LogP contribution in [0.1, 0.15) is 18.4 Å². The smallest absolute Gasteiger partial charge is 0.303 e. The summed E-state index contributed by atoms with van der Waals surface area (Å²) in [4.78, 5) is 12.6. The van der Waals surface area contributed by atoms with Gasteiger partial charge in [-0.15, -0.1) is 0 Å². The molecule has 1 aliphatic rings. The monoisotopic (exact) mass is 419 g/mol. The van der Waals surface area contributed by atoms with Crippen molar-refractivity contribution in [1.29, 1.82) is 0 Å². The molecule has 1 aliphatic heterocycles. The zero-order chi connectivity index (χ0) is 20.9. The number of rotatable bonds is 7. The number of carbonyl (C=O) groups is 1. The summed E-state index contributed by atoms with van der Waals surface area (Å²) in [6.45, 7) is 1.02. The summed E-state index contributed by atoms with van der Waals surface area (Å²) < 4.78 is 41.5. The van der Waals surface area contributed by atoms with Gasteiger partial charge in [-0.1, -0.05) is 30.3 Å². The van der Waals surface area contributed by atoms with E-state index in [4.69, 9.17) is 0 Å². The third kappa shape index (κ3) is 5.33. The molecule has 29 heavy (non-hydrogen) atoms. The topological polar surface area (TPSA) is 69.7 Å². The number of amides is 1. The zero-order valence-corrected chi connectivity index (χ0v) is 17.2. The van der Waals surface area contributed by atoms with Crippen LogP contribution in [0.4, 0.5) is 10.1 Å². The number of nitrogens with zero attached hydrogens (tertiary/aromatic N) is 2. The van der Waals surface area contributed by atoms with Crippen LogP contribution in [0, 0.1) is 11.7 Å². The molecule has 1 saturated heterocycles. The lowest BCUT2D eigenvalue weighted by Gasteiger charge is -2.34. The van der Waals surface area contributed by atoms with Gasteiger partial charge in [0, 0.05) is 26.7 Å². The van der Waals surface area contributed by atoms with Gasteiger partial charge >= 0.3 is 10.2 Å². The fourth-order valence-electron chi connectivity index (χ4n) is 3.44. The standard InChI is InChI=1S/C21H26FN3O3S/c1-24(20-11-9-19(22)10-12-20)29(27,28)25-15-5-8-18(16-25)21(26)23-14-13-17-6-3-2-4-7-17/h2-4,6-7,9-12,18H,5,8,13-16H2,1H3,(H,23,26). The second-order valence-electron chi connectivity index (χ2n) is 7.18. The Kier molecular flexibility index (Phi) is 6.87. The summed E-state index contributed by atoms with van der Waals surface area (Å²) in [5.74, 6) is -0.925. The molecule has 2 aromatic rings. The third-order valence-electron chi connectivity index (χ3n) is 5.17. The summed E-state index contributed by atoms with van der Waals surface area (Å²) in [5, 5.41) is 2.92. The molecule has 0 aliphatic carbocycles. The molecule has 1 fully saturated rings. The molecule has 0 saturated carbocycles. The lowest BCUT2D eigenvalue weighted by Crippen LogP contribution is -2.49. The van der Waals surface area contributed by atoms with E-state index in [0.717, 1.165) is 16.3 Å². The van der Waals surface area contributed by atoms with Crippen LogP contribution in [-0.4, -0.2) is 45.3 Å². The Hall–Kier alpha value is -2.45. The van der Waals surface area contributed by atoms with Crippen LogP contribution in [0.3, 0.4) is 0 Å². The van der Waals surface area contributed by atoms with E-state index < -0.39 is 16.0 Å². The van der Waals surface area contributed by atoms with Crippen LogP contribution in [-0.2, 0) is 21.4 Å². The van der Waals surface area contributed by atoms with Gasteiger partial charge in [0.25, 0.3) is 0 Å². The van der Waals surface area contributed by atoms with Crippen molar-refractivity contribution in [3.8, 4) is 0 Å². The Bertz CT molecular complexity index is 920. The van der Waals surface area contributed by atoms with Crippen molar-refractivity contribution in [2.75, 3.05) is 31.0 Å². The molecule has 0 spiro atoms. The van der Waals surface area contributed by atoms with E-state index in [2.05, 4.69) is 5.32 Å². The third-order valence-corrected chi connectivity index (χ3v) is 7.06. The SMILES string of the molecule is CN(c1ccc(F)cc1)S(=O)(=O)N1CCCC(C(=O)NCCc2ccccc2)C1. The Labute approximate surface area is 171 Å². The Balaban J connectivity index is 1.58. The number of carbonyl (C=O) groups excluding carboxylic acids is 1. The van der Waals surface area contributed by atoms with E-state index in [1.165, 1.54) is 35.6 Å². The summed E-state index contributed by atoms with van der Waals surface area (Å²) in [6.07, 6.45) is 2.01. The van der Waals surface area contributed by atoms with Crippen molar-refractivity contribution in [2.24, 2.45) is 5.92 Å². The van der Waals surface area contributed by atoms with Crippen molar-refractivity contribution in [3.63, 3.8) is 0 Å². The van der Waals surface area contributed by atoms with Crippen LogP contribution in [0.25, 0.3) is 0 Å². The van der Waals surface area contributed by atoms with Crippen molar-refractivity contribution >= 4 is 21.8 Å². The maximum atomic E-state index is 13.1. The number of benzene rings is 2. The minimum atomic E-state index is -3.79. The van der Waals surface area contributed by atoms with Gasteiger partial charge in [0.15, 0.2) is 0 Å². The molecule has 1 atom stereocenters. The van der Waals surface area contributed by atoms with Crippen LogP contribution in [0.15, 0.2) is 54.6 Å². The Morgan fingerprint density at radius 2 is 1.86 bits per heavy atom. The molecule has 0 aromatic heterocycles. The first-order chi connectivity index (χ1) is 13.9. The molecule has 3 rings (SSSR count). The van der Waals surface area contributed by atoms with Gasteiger partial charge in [0.1, 0.15) is 5.82 Å². The van der Waals surface area contributed by atoms with E-state index in [1.54, 1.807) is 0 Å². The summed E-state index contributed by atoms with van der Waals surface area (Å²) in [5.41, 5.74) is 1.52. The van der Waals surface area contributed by atoms with Crippen LogP contribution in [0.2, 0.25) is 0 Å². The lowest BCUT2D eigenvalue weighted by atomic mass is 9.99. The molecule has 1 amide bonds. The van der Waals surface area contributed by atoms with Gasteiger partial charge in [-0.3, -0.25) is 9.10 Å². The highest BCUT2D eigenvalue weighted by Gasteiger charge is 2.34. The van der Waals surface area contributed by atoms with Gasteiger partial charge < -0.3 is 5.32 Å². The average molecular weight is 420 g/mol. The largest absolute Gasteiger partial charge is 0.355 e. The predicted molar refractivity (Wildman–Crippen MR) is 111 cm³/mol. The lowest BCUT2D eigenvalue weighted by molar-refractivity contribution is -0.126. The van der Waals surface area contributed by atoms with E-state index in [0.29, 0.717) is 31.6 Å². The normalized spacial score (nSPS) is 17.7. The second kappa shape index (κ2) is 9.37. The number of piperidine rings is 1. The average Bonchev–Trinajstić information content (AvgIpc) is 2.74. The minimum absolute atomic E-state index is 0.120. The van der Waals surface area contributed by atoms with Gasteiger partial charge in [-0.25, -0.2) is 4.39 Å². The van der Waals surface area contributed by atoms with Gasteiger partial charge in [-0.2, -0.15) is 12.7 Å². The van der Waals surface area contributed by atoms with Crippen molar-refractivity contribution < 1.29 is 17.6 Å². The second-order valence-corrected chi connectivity index (χ2v) is 9.14. The van der Waals surface area contributed by atoms with Crippen molar-refractivity contribution in [1.82, 2.24) is 9.62 Å². The number of hydrogen-bond acceptors (Lipinski definition) is 3. The summed E-state index contributed by atoms with van der Waals surface area (Å²) >= 11 is 0. The zero-order valence-electron chi connectivity index (χ0n) is 16.4. The molecular weight excluding hydrogens is 393 g/mol.